The van der Waals surface area contributed by atoms with Crippen molar-refractivity contribution in [1.29, 1.82) is 0 Å². The van der Waals surface area contributed by atoms with Crippen molar-refractivity contribution in [2.75, 3.05) is 6.61 Å². The second-order valence-corrected chi connectivity index (χ2v) is 6.33. The minimum Gasteiger partial charge on any atom is -0.394 e. The zero-order valence-corrected chi connectivity index (χ0v) is 14.2. The lowest BCUT2D eigenvalue weighted by Gasteiger charge is -2.13. The van der Waals surface area contributed by atoms with E-state index in [1.807, 2.05) is 0 Å². The molecule has 1 aliphatic rings. The van der Waals surface area contributed by atoms with Crippen LogP contribution in [0, 0.1) is 0 Å². The minimum atomic E-state index is -2.92. The number of H-pyrrole nitrogens is 1. The van der Waals surface area contributed by atoms with Crippen LogP contribution < -0.4 is 5.56 Å². The Kier molecular flexibility index (Phi) is 6.76. The van der Waals surface area contributed by atoms with E-state index in [1.165, 1.54) is 12.7 Å². The van der Waals surface area contributed by atoms with E-state index in [0.717, 1.165) is 0 Å². The maximum absolute atomic E-state index is 11.5. The number of rotatable bonds is 4. The lowest BCUT2D eigenvalue weighted by atomic mass is 10.2. The third-order valence-corrected chi connectivity index (χ3v) is 4.32. The molecule has 0 spiro atoms. The molecule has 2 aromatic heterocycles. The summed E-state index contributed by atoms with van der Waals surface area (Å²) in [5.41, 5.74) is 0.300. The fraction of sp³-hybridized carbons (Fsp3) is 0.500. The summed E-state index contributed by atoms with van der Waals surface area (Å²) in [6.45, 7) is -0.252. The first-order valence-electron chi connectivity index (χ1n) is 6.68. The third kappa shape index (κ3) is 4.91. The maximum atomic E-state index is 11.5. The highest BCUT2D eigenvalue weighted by molar-refractivity contribution is 7.46. The monoisotopic (exact) mass is 396 g/mol. The number of fused-ring (bicyclic) bond motifs is 1. The highest BCUT2D eigenvalue weighted by Gasteiger charge is 2.35. The maximum Gasteiger partial charge on any atom is 0.745 e. The topological polar surface area (TPSA) is 197 Å². The lowest BCUT2D eigenvalue weighted by molar-refractivity contribution is -0.0432. The van der Waals surface area contributed by atoms with Crippen molar-refractivity contribution in [2.45, 2.75) is 24.9 Å². The Bertz CT molecular complexity index is 812. The second-order valence-electron chi connectivity index (χ2n) is 4.73. The standard InChI is InChI=1S/C10H12N4O4.O5P2/c15-2-6-5(16)1-7(18-6)14-4-13-8-9(14)11-3-12-10(8)17;1-6(2)5-7(3)4/h3-7,15-16H,1-2H2,(H,11,12,17);/p+2/t5-,6+,7+;/m0./s1. The summed E-state index contributed by atoms with van der Waals surface area (Å²) in [6.07, 6.45) is 1.23. The predicted octanol–water partition coefficient (Wildman–Crippen LogP) is -0.937. The fourth-order valence-electron chi connectivity index (χ4n) is 2.18. The van der Waals surface area contributed by atoms with Crippen molar-refractivity contribution in [3.8, 4) is 0 Å². The Balaban J connectivity index is 0.000000277. The lowest BCUT2D eigenvalue weighted by Crippen LogP contribution is -2.24. The first-order chi connectivity index (χ1) is 11.8. The zero-order chi connectivity index (χ0) is 18.6. The van der Waals surface area contributed by atoms with Gasteiger partial charge in [0.2, 0.25) is 0 Å². The third-order valence-electron chi connectivity index (χ3n) is 3.20. The van der Waals surface area contributed by atoms with Crippen LogP contribution in [0.2, 0.25) is 0 Å². The van der Waals surface area contributed by atoms with Crippen molar-refractivity contribution in [1.82, 2.24) is 19.5 Å². The quantitative estimate of drug-likeness (QED) is 0.400. The molecule has 25 heavy (non-hydrogen) atoms. The highest BCUT2D eigenvalue weighted by atomic mass is 31.2. The summed E-state index contributed by atoms with van der Waals surface area (Å²) in [4.78, 5) is 37.3. The molecule has 3 rings (SSSR count). The molecule has 5 N–H and O–H groups in total. The summed E-state index contributed by atoms with van der Waals surface area (Å²) in [7, 11) is -5.85. The second kappa shape index (κ2) is 8.61. The van der Waals surface area contributed by atoms with E-state index < -0.39 is 34.9 Å². The molecule has 1 aliphatic heterocycles. The van der Waals surface area contributed by atoms with Crippen LogP contribution in [0.25, 0.3) is 11.2 Å². The minimum absolute atomic E-state index is 0.225. The predicted molar refractivity (Wildman–Crippen MR) is 80.5 cm³/mol. The molecule has 0 amide bonds. The number of nitrogens with zero attached hydrogens (tertiary/aromatic N) is 3. The molecule has 0 radical (unpaired) electrons. The number of aromatic nitrogens is 4. The van der Waals surface area contributed by atoms with Crippen LogP contribution in [0.5, 0.6) is 0 Å². The number of aromatic amines is 1. The molecule has 136 valence electrons. The number of aliphatic hydroxyl groups is 2. The van der Waals surface area contributed by atoms with Gasteiger partial charge < -0.3 is 19.9 Å². The summed E-state index contributed by atoms with van der Waals surface area (Å²) in [5, 5.41) is 18.7. The van der Waals surface area contributed by atoms with E-state index in [2.05, 4.69) is 19.3 Å². The van der Waals surface area contributed by atoms with Gasteiger partial charge in [0.05, 0.1) is 25.4 Å². The first-order valence-corrected chi connectivity index (χ1v) is 8.94. The van der Waals surface area contributed by atoms with E-state index in [4.69, 9.17) is 19.6 Å². The van der Waals surface area contributed by atoms with Gasteiger partial charge in [-0.1, -0.05) is 0 Å². The highest BCUT2D eigenvalue weighted by Crippen LogP contribution is 2.31. The summed E-state index contributed by atoms with van der Waals surface area (Å²) >= 11 is 0. The Labute approximate surface area is 140 Å². The number of imidazole rings is 1. The van der Waals surface area contributed by atoms with E-state index in [1.54, 1.807) is 4.57 Å². The zero-order valence-electron chi connectivity index (χ0n) is 12.4. The number of aliphatic hydroxyl groups excluding tert-OH is 2. The Morgan fingerprint density at radius 3 is 2.56 bits per heavy atom. The van der Waals surface area contributed by atoms with E-state index in [0.29, 0.717) is 12.1 Å². The smallest absolute Gasteiger partial charge is 0.394 e. The van der Waals surface area contributed by atoms with Crippen LogP contribution >= 0.6 is 16.5 Å². The summed E-state index contributed by atoms with van der Waals surface area (Å²) in [5.74, 6) is 0. The average molecular weight is 396 g/mol. The molecule has 0 aliphatic carbocycles. The number of hydrogen-bond acceptors (Lipinski definition) is 9. The van der Waals surface area contributed by atoms with Gasteiger partial charge in [-0.15, -0.1) is 9.79 Å². The van der Waals surface area contributed by atoms with Gasteiger partial charge in [-0.3, -0.25) is 9.36 Å². The van der Waals surface area contributed by atoms with Crippen molar-refractivity contribution >= 4 is 27.7 Å². The van der Waals surface area contributed by atoms with Crippen LogP contribution in [0.1, 0.15) is 12.6 Å². The van der Waals surface area contributed by atoms with Gasteiger partial charge in [0.15, 0.2) is 15.5 Å². The Morgan fingerprint density at radius 1 is 1.36 bits per heavy atom. The average Bonchev–Trinajstić information content (AvgIpc) is 3.10. The van der Waals surface area contributed by atoms with Gasteiger partial charge in [-0.2, -0.15) is 0 Å². The van der Waals surface area contributed by atoms with Gasteiger partial charge in [0, 0.05) is 15.6 Å². The van der Waals surface area contributed by atoms with Crippen LogP contribution in [-0.4, -0.2) is 58.3 Å². The molecule has 15 heteroatoms. The van der Waals surface area contributed by atoms with Gasteiger partial charge in [-0.25, -0.2) is 9.97 Å². The van der Waals surface area contributed by atoms with Crippen LogP contribution in [-0.2, 0) is 18.2 Å². The van der Waals surface area contributed by atoms with Gasteiger partial charge in [-0.05, 0) is 0 Å². The first kappa shape index (κ1) is 19.6. The summed E-state index contributed by atoms with van der Waals surface area (Å²) in [6, 6.07) is 0. The number of nitrogens with one attached hydrogen (secondary N) is 1. The molecular formula is C10H14N4O9P2+2. The van der Waals surface area contributed by atoms with E-state index >= 15 is 0 Å². The van der Waals surface area contributed by atoms with Crippen molar-refractivity contribution in [2.24, 2.45) is 0 Å². The molecule has 0 aromatic carbocycles. The molecule has 3 heterocycles. The molecule has 0 saturated carbocycles. The molecule has 13 nitrogen and oxygen atoms in total. The van der Waals surface area contributed by atoms with E-state index in [9.17, 15) is 19.0 Å². The Morgan fingerprint density at radius 2 is 2.04 bits per heavy atom. The molecule has 2 unspecified atom stereocenters. The summed E-state index contributed by atoms with van der Waals surface area (Å²) < 4.78 is 29.2. The van der Waals surface area contributed by atoms with Gasteiger partial charge >= 0.3 is 16.5 Å². The normalized spacial score (nSPS) is 23.9. The molecule has 0 bridgehead atoms. The van der Waals surface area contributed by atoms with E-state index in [-0.39, 0.29) is 17.7 Å². The molecular weight excluding hydrogens is 382 g/mol. The van der Waals surface area contributed by atoms with Crippen LogP contribution in [0.3, 0.4) is 0 Å². The molecule has 5 atom stereocenters. The molecule has 1 fully saturated rings. The van der Waals surface area contributed by atoms with Crippen LogP contribution in [0.4, 0.5) is 0 Å². The Hall–Kier alpha value is -1.69. The van der Waals surface area contributed by atoms with Gasteiger partial charge in [0.1, 0.15) is 12.3 Å². The number of hydrogen-bond donors (Lipinski definition) is 5. The van der Waals surface area contributed by atoms with Crippen molar-refractivity contribution in [3.63, 3.8) is 0 Å². The SMILES string of the molecule is O=[P+](O)O[P+](=O)O.O=c1[nH]cnc2c1ncn2[C@H]1C[C@H](O)[C@@H](CO)O1. The fourth-order valence-corrected chi connectivity index (χ4v) is 2.66. The molecule has 2 aromatic rings. The number of ether oxygens (including phenoxy) is 1. The largest absolute Gasteiger partial charge is 0.745 e. The van der Waals surface area contributed by atoms with Gasteiger partial charge in [0.25, 0.3) is 5.56 Å². The van der Waals surface area contributed by atoms with Crippen molar-refractivity contribution < 1.29 is 38.2 Å². The van der Waals surface area contributed by atoms with Crippen molar-refractivity contribution in [3.05, 3.63) is 23.0 Å². The molecule has 1 saturated heterocycles. The van der Waals surface area contributed by atoms with Crippen LogP contribution in [0.15, 0.2) is 17.4 Å².